The molecule has 1 aromatic rings. The summed E-state index contributed by atoms with van der Waals surface area (Å²) in [5.74, 6) is -1.32. The molecule has 2 saturated heterocycles. The van der Waals surface area contributed by atoms with Crippen LogP contribution in [0.4, 0.5) is 5.69 Å². The van der Waals surface area contributed by atoms with Crippen LogP contribution >= 0.6 is 12.4 Å². The highest BCUT2D eigenvalue weighted by Crippen LogP contribution is 2.38. The second-order valence-corrected chi connectivity index (χ2v) is 10.4. The summed E-state index contributed by atoms with van der Waals surface area (Å²) in [6.07, 6.45) is 3.07. The number of ketones is 1. The van der Waals surface area contributed by atoms with Gasteiger partial charge in [-0.15, -0.1) is 12.4 Å². The monoisotopic (exact) mass is 521 g/mol. The number of benzene rings is 1. The molecule has 4 atom stereocenters. The molecule has 2 amide bonds. The van der Waals surface area contributed by atoms with Crippen LogP contribution in [-0.4, -0.2) is 95.2 Å². The van der Waals surface area contributed by atoms with Crippen molar-refractivity contribution in [3.05, 3.63) is 24.3 Å². The number of hydrogen-bond donors (Lipinski definition) is 2. The number of amides is 2. The molecule has 0 radical (unpaired) electrons. The van der Waals surface area contributed by atoms with Crippen molar-refractivity contribution in [1.29, 1.82) is 0 Å². The SMILES string of the molecule is Cl.O=C(CN1CCN(c2ccccc2OC2CCCC2)CC1)CN1C(=O)C2CC(O)C(O)CC2C1=O. The van der Waals surface area contributed by atoms with Crippen LogP contribution in [0.5, 0.6) is 5.75 Å². The standard InChI is InChI=1S/C26H35N3O6.ClH/c30-17(16-29-25(33)19-13-22(31)23(32)14-20(19)26(29)34)15-27-9-11-28(12-10-27)21-7-3-4-8-24(21)35-18-5-1-2-6-18;/h3-4,7-8,18-20,22-23,31-32H,1-2,5-6,9-16H2;1H. The molecule has 4 fully saturated rings. The molecule has 2 aliphatic heterocycles. The molecule has 5 rings (SSSR count). The highest BCUT2D eigenvalue weighted by atomic mass is 35.5. The van der Waals surface area contributed by atoms with Crippen LogP contribution in [0.2, 0.25) is 0 Å². The van der Waals surface area contributed by atoms with Crippen molar-refractivity contribution in [3.8, 4) is 5.75 Å². The number of aliphatic hydroxyl groups is 2. The Bertz CT molecular complexity index is 935. The second-order valence-electron chi connectivity index (χ2n) is 10.4. The maximum Gasteiger partial charge on any atom is 0.233 e. The Morgan fingerprint density at radius 2 is 1.47 bits per heavy atom. The van der Waals surface area contributed by atoms with E-state index in [9.17, 15) is 24.6 Å². The summed E-state index contributed by atoms with van der Waals surface area (Å²) in [5, 5.41) is 19.8. The average molecular weight is 522 g/mol. The predicted octanol–water partition coefficient (Wildman–Crippen LogP) is 1.24. The smallest absolute Gasteiger partial charge is 0.233 e. The first kappa shape index (κ1) is 26.9. The Labute approximate surface area is 217 Å². The number of anilines is 1. The highest BCUT2D eigenvalue weighted by molar-refractivity contribution is 6.07. The van der Waals surface area contributed by atoms with Crippen LogP contribution in [-0.2, 0) is 14.4 Å². The quantitative estimate of drug-likeness (QED) is 0.516. The third kappa shape index (κ3) is 5.54. The summed E-state index contributed by atoms with van der Waals surface area (Å²) < 4.78 is 6.29. The summed E-state index contributed by atoms with van der Waals surface area (Å²) in [6, 6.07) is 8.14. The molecule has 198 valence electrons. The molecular weight excluding hydrogens is 486 g/mol. The molecule has 2 N–H and O–H groups in total. The summed E-state index contributed by atoms with van der Waals surface area (Å²) in [6.45, 7) is 2.88. The van der Waals surface area contributed by atoms with E-state index in [1.165, 1.54) is 12.8 Å². The highest BCUT2D eigenvalue weighted by Gasteiger charge is 2.52. The van der Waals surface area contributed by atoms with E-state index in [0.29, 0.717) is 19.2 Å². The normalized spacial score (nSPS) is 29.3. The van der Waals surface area contributed by atoms with Gasteiger partial charge in [-0.2, -0.15) is 0 Å². The summed E-state index contributed by atoms with van der Waals surface area (Å²) in [7, 11) is 0. The number of aliphatic hydroxyl groups excluding tert-OH is 2. The van der Waals surface area contributed by atoms with E-state index < -0.39 is 35.9 Å². The van der Waals surface area contributed by atoms with E-state index in [1.807, 2.05) is 18.2 Å². The van der Waals surface area contributed by atoms with Gasteiger partial charge in [0.05, 0.1) is 48.9 Å². The first-order valence-corrected chi connectivity index (χ1v) is 12.9. The largest absolute Gasteiger partial charge is 0.488 e. The Morgan fingerprint density at radius 1 is 0.889 bits per heavy atom. The van der Waals surface area contributed by atoms with E-state index in [4.69, 9.17) is 4.74 Å². The maximum absolute atomic E-state index is 12.8. The molecule has 2 aliphatic carbocycles. The summed E-state index contributed by atoms with van der Waals surface area (Å²) in [4.78, 5) is 43.6. The molecule has 36 heavy (non-hydrogen) atoms. The molecule has 0 aromatic heterocycles. The molecule has 1 aromatic carbocycles. The van der Waals surface area contributed by atoms with E-state index in [1.54, 1.807) is 0 Å². The number of piperazine rings is 1. The Balaban J connectivity index is 0.00000304. The number of para-hydroxylation sites is 2. The molecule has 2 heterocycles. The number of nitrogens with zero attached hydrogens (tertiary/aromatic N) is 3. The summed E-state index contributed by atoms with van der Waals surface area (Å²) >= 11 is 0. The fourth-order valence-corrected chi connectivity index (χ4v) is 6.00. The zero-order valence-corrected chi connectivity index (χ0v) is 21.3. The van der Waals surface area contributed by atoms with Gasteiger partial charge in [0.25, 0.3) is 0 Å². The van der Waals surface area contributed by atoms with Crippen molar-refractivity contribution in [2.24, 2.45) is 11.8 Å². The number of ether oxygens (including phenoxy) is 1. The minimum Gasteiger partial charge on any atom is -0.488 e. The van der Waals surface area contributed by atoms with Crippen molar-refractivity contribution in [3.63, 3.8) is 0 Å². The number of Topliss-reactive ketones (excluding diaryl/α,β-unsaturated/α-hetero) is 1. The van der Waals surface area contributed by atoms with E-state index >= 15 is 0 Å². The molecule has 0 bridgehead atoms. The minimum atomic E-state index is -1.01. The van der Waals surface area contributed by atoms with Crippen LogP contribution in [0.15, 0.2) is 24.3 Å². The second kappa shape index (κ2) is 11.5. The van der Waals surface area contributed by atoms with Crippen LogP contribution in [0.3, 0.4) is 0 Å². The number of carbonyl (C=O) groups excluding carboxylic acids is 3. The number of fused-ring (bicyclic) bond motifs is 1. The van der Waals surface area contributed by atoms with Gasteiger partial charge in [-0.3, -0.25) is 24.2 Å². The van der Waals surface area contributed by atoms with E-state index in [-0.39, 0.29) is 44.1 Å². The Hall–Kier alpha value is -2.20. The minimum absolute atomic E-state index is 0. The molecule has 2 saturated carbocycles. The third-order valence-electron chi connectivity index (χ3n) is 8.00. The Morgan fingerprint density at radius 3 is 2.08 bits per heavy atom. The van der Waals surface area contributed by atoms with Gasteiger partial charge in [0.15, 0.2) is 5.78 Å². The van der Waals surface area contributed by atoms with Crippen LogP contribution in [0.1, 0.15) is 38.5 Å². The van der Waals surface area contributed by atoms with Gasteiger partial charge in [-0.05, 0) is 50.7 Å². The molecule has 9 nitrogen and oxygen atoms in total. The van der Waals surface area contributed by atoms with Crippen molar-refractivity contribution in [1.82, 2.24) is 9.80 Å². The van der Waals surface area contributed by atoms with Crippen LogP contribution < -0.4 is 9.64 Å². The van der Waals surface area contributed by atoms with Crippen LogP contribution in [0, 0.1) is 11.8 Å². The number of halogens is 1. The number of carbonyl (C=O) groups is 3. The van der Waals surface area contributed by atoms with Gasteiger partial charge >= 0.3 is 0 Å². The van der Waals surface area contributed by atoms with Gasteiger partial charge in [0, 0.05) is 26.2 Å². The molecule has 10 heteroatoms. The predicted molar refractivity (Wildman–Crippen MR) is 135 cm³/mol. The lowest BCUT2D eigenvalue weighted by atomic mass is 9.78. The molecule has 0 spiro atoms. The average Bonchev–Trinajstić information content (AvgIpc) is 3.44. The molecule has 4 aliphatic rings. The van der Waals surface area contributed by atoms with Gasteiger partial charge in [-0.25, -0.2) is 0 Å². The van der Waals surface area contributed by atoms with E-state index in [2.05, 4.69) is 15.9 Å². The van der Waals surface area contributed by atoms with Crippen molar-refractivity contribution < 1.29 is 29.3 Å². The molecule has 4 unspecified atom stereocenters. The van der Waals surface area contributed by atoms with Crippen molar-refractivity contribution >= 4 is 35.7 Å². The number of imide groups is 1. The zero-order chi connectivity index (χ0) is 24.5. The Kier molecular flexibility index (Phi) is 8.55. The fourth-order valence-electron chi connectivity index (χ4n) is 6.00. The van der Waals surface area contributed by atoms with Gasteiger partial charge in [0.1, 0.15) is 5.75 Å². The van der Waals surface area contributed by atoms with Gasteiger partial charge < -0.3 is 19.8 Å². The third-order valence-corrected chi connectivity index (χ3v) is 8.00. The van der Waals surface area contributed by atoms with E-state index in [0.717, 1.165) is 42.3 Å². The van der Waals surface area contributed by atoms with Gasteiger partial charge in [-0.1, -0.05) is 12.1 Å². The van der Waals surface area contributed by atoms with Crippen LogP contribution in [0.25, 0.3) is 0 Å². The fraction of sp³-hybridized carbons (Fsp3) is 0.654. The number of likely N-dealkylation sites (tertiary alicyclic amines) is 1. The summed E-state index contributed by atoms with van der Waals surface area (Å²) in [5.41, 5.74) is 1.09. The maximum atomic E-state index is 12.8. The zero-order valence-electron chi connectivity index (χ0n) is 20.5. The van der Waals surface area contributed by atoms with Gasteiger partial charge in [0.2, 0.25) is 11.8 Å². The lowest BCUT2D eigenvalue weighted by molar-refractivity contribution is -0.143. The number of rotatable bonds is 7. The lowest BCUT2D eigenvalue weighted by Gasteiger charge is -2.36. The number of hydrogen-bond acceptors (Lipinski definition) is 8. The van der Waals surface area contributed by atoms with Crippen molar-refractivity contribution in [2.45, 2.75) is 56.8 Å². The van der Waals surface area contributed by atoms with Crippen molar-refractivity contribution in [2.75, 3.05) is 44.2 Å². The first-order chi connectivity index (χ1) is 16.9. The topological polar surface area (TPSA) is 111 Å². The first-order valence-electron chi connectivity index (χ1n) is 12.9. The molecular formula is C26H36ClN3O6. The lowest BCUT2D eigenvalue weighted by Crippen LogP contribution is -2.49.